The Morgan fingerprint density at radius 3 is 2.54 bits per heavy atom. The van der Waals surface area contributed by atoms with Crippen molar-refractivity contribution in [3.63, 3.8) is 0 Å². The molecule has 3 aromatic carbocycles. The van der Waals surface area contributed by atoms with Crippen LogP contribution in [0.25, 0.3) is 39.4 Å². The second kappa shape index (κ2) is 16.8. The second-order valence-corrected chi connectivity index (χ2v) is 14.1. The maximum atomic E-state index is 13.7. The number of likely N-dealkylation sites (N-methyl/N-ethyl adjacent to an activating group) is 1. The summed E-state index contributed by atoms with van der Waals surface area (Å²) >= 11 is 0. The van der Waals surface area contributed by atoms with Crippen molar-refractivity contribution in [2.24, 2.45) is 0 Å². The molecule has 52 heavy (non-hydrogen) atoms. The van der Waals surface area contributed by atoms with Crippen molar-refractivity contribution in [1.29, 1.82) is 0 Å². The molecule has 0 saturated heterocycles. The Morgan fingerprint density at radius 2 is 1.79 bits per heavy atom. The fourth-order valence-corrected chi connectivity index (χ4v) is 6.71. The minimum atomic E-state index is -0.0826. The summed E-state index contributed by atoms with van der Waals surface area (Å²) in [5.41, 5.74) is 10.8. The van der Waals surface area contributed by atoms with Gasteiger partial charge in [-0.25, -0.2) is 4.98 Å². The maximum Gasteiger partial charge on any atom is 0.277 e. The average Bonchev–Trinajstić information content (AvgIpc) is 3.51. The molecule has 2 unspecified atom stereocenters. The number of para-hydroxylation sites is 1. The summed E-state index contributed by atoms with van der Waals surface area (Å²) in [6.07, 6.45) is 14.6. The predicted molar refractivity (Wildman–Crippen MR) is 217 cm³/mol. The van der Waals surface area contributed by atoms with Gasteiger partial charge in [0.1, 0.15) is 22.7 Å². The van der Waals surface area contributed by atoms with Gasteiger partial charge in [0.2, 0.25) is 0 Å². The van der Waals surface area contributed by atoms with Gasteiger partial charge in [0.05, 0.1) is 6.20 Å². The molecule has 7 heteroatoms. The van der Waals surface area contributed by atoms with Crippen LogP contribution in [-0.4, -0.2) is 28.1 Å². The van der Waals surface area contributed by atoms with E-state index < -0.39 is 0 Å². The summed E-state index contributed by atoms with van der Waals surface area (Å²) in [4.78, 5) is 22.7. The number of benzene rings is 3. The normalized spacial score (nSPS) is 14.0. The Balaban J connectivity index is 0.000000245. The molecule has 3 heterocycles. The van der Waals surface area contributed by atoms with Crippen LogP contribution in [0.2, 0.25) is 0 Å². The van der Waals surface area contributed by atoms with Crippen molar-refractivity contribution in [3.05, 3.63) is 141 Å². The van der Waals surface area contributed by atoms with E-state index in [1.54, 1.807) is 10.8 Å². The van der Waals surface area contributed by atoms with Crippen molar-refractivity contribution < 1.29 is 4.42 Å². The van der Waals surface area contributed by atoms with Crippen LogP contribution in [0, 0.1) is 6.92 Å². The highest BCUT2D eigenvalue weighted by atomic mass is 16.3. The Morgan fingerprint density at radius 1 is 0.981 bits per heavy atom. The lowest BCUT2D eigenvalue weighted by Crippen LogP contribution is -2.27. The summed E-state index contributed by atoms with van der Waals surface area (Å²) in [5.74, 6) is 1.29. The van der Waals surface area contributed by atoms with Gasteiger partial charge in [-0.1, -0.05) is 85.2 Å². The summed E-state index contributed by atoms with van der Waals surface area (Å²) in [6, 6.07) is 24.5. The zero-order valence-electron chi connectivity index (χ0n) is 31.4. The number of hydrogen-bond donors (Lipinski definition) is 2. The molecule has 0 aliphatic heterocycles. The maximum absolute atomic E-state index is 13.7. The van der Waals surface area contributed by atoms with E-state index in [0.717, 1.165) is 64.4 Å². The molecular formula is C45H51N5O2. The van der Waals surface area contributed by atoms with Crippen LogP contribution in [-0.2, 0) is 6.54 Å². The van der Waals surface area contributed by atoms with E-state index in [-0.39, 0.29) is 11.6 Å². The minimum Gasteiger partial charge on any atom is -0.456 e. The number of allylic oxidation sites excluding steroid dienone is 2. The average molecular weight is 694 g/mol. The smallest absolute Gasteiger partial charge is 0.277 e. The second-order valence-electron chi connectivity index (χ2n) is 14.1. The SMILES string of the molecule is CCC(C)c1ccncc1/C=C(\C)CNC.Cc1cccc(-c2ncc(NC(C)c3ccc4oc5ccccc5c4c3)c(=O)n2CC=C2CCC2)c1. The highest BCUT2D eigenvalue weighted by Crippen LogP contribution is 2.32. The van der Waals surface area contributed by atoms with Crippen LogP contribution < -0.4 is 16.2 Å². The number of rotatable bonds is 11. The third kappa shape index (κ3) is 8.43. The zero-order valence-corrected chi connectivity index (χ0v) is 31.4. The van der Waals surface area contributed by atoms with Gasteiger partial charge in [0.25, 0.3) is 5.56 Å². The first kappa shape index (κ1) is 36.5. The summed E-state index contributed by atoms with van der Waals surface area (Å²) < 4.78 is 7.77. The van der Waals surface area contributed by atoms with Gasteiger partial charge in [0, 0.05) is 47.9 Å². The number of hydrogen-bond acceptors (Lipinski definition) is 6. The first-order valence-corrected chi connectivity index (χ1v) is 18.5. The molecule has 7 nitrogen and oxygen atoms in total. The van der Waals surface area contributed by atoms with Crippen molar-refractivity contribution >= 4 is 33.7 Å². The van der Waals surface area contributed by atoms with Gasteiger partial charge in [-0.05, 0) is 106 Å². The minimum absolute atomic E-state index is 0.0561. The van der Waals surface area contributed by atoms with E-state index >= 15 is 0 Å². The fourth-order valence-electron chi connectivity index (χ4n) is 6.71. The molecule has 2 atom stereocenters. The van der Waals surface area contributed by atoms with Crippen LogP contribution in [0.15, 0.2) is 118 Å². The Hall–Kier alpha value is -5.27. The van der Waals surface area contributed by atoms with E-state index in [0.29, 0.717) is 24.0 Å². The van der Waals surface area contributed by atoms with Gasteiger partial charge >= 0.3 is 0 Å². The Bertz CT molecular complexity index is 2270. The Labute approximate surface area is 307 Å². The van der Waals surface area contributed by atoms with Crippen LogP contribution in [0.5, 0.6) is 0 Å². The monoisotopic (exact) mass is 693 g/mol. The summed E-state index contributed by atoms with van der Waals surface area (Å²) in [5, 5.41) is 8.76. The molecule has 3 aromatic heterocycles. The first-order valence-electron chi connectivity index (χ1n) is 18.5. The number of nitrogens with zero attached hydrogens (tertiary/aromatic N) is 3. The summed E-state index contributed by atoms with van der Waals surface area (Å²) in [7, 11) is 1.97. The van der Waals surface area contributed by atoms with Gasteiger partial charge in [-0.2, -0.15) is 0 Å². The largest absolute Gasteiger partial charge is 0.456 e. The van der Waals surface area contributed by atoms with E-state index in [2.05, 4.69) is 98.8 Å². The number of nitrogens with one attached hydrogen (secondary N) is 2. The number of pyridine rings is 1. The molecule has 268 valence electrons. The van der Waals surface area contributed by atoms with Crippen molar-refractivity contribution in [2.45, 2.75) is 78.8 Å². The first-order chi connectivity index (χ1) is 25.2. The number of fused-ring (bicyclic) bond motifs is 3. The lowest BCUT2D eigenvalue weighted by molar-refractivity contribution is 0.645. The molecule has 1 aliphatic rings. The molecular weight excluding hydrogens is 643 g/mol. The number of anilines is 1. The number of furan rings is 1. The van der Waals surface area contributed by atoms with E-state index in [4.69, 9.17) is 9.40 Å². The van der Waals surface area contributed by atoms with E-state index in [1.165, 1.54) is 28.7 Å². The molecule has 7 rings (SSSR count). The molecule has 1 aliphatic carbocycles. The highest BCUT2D eigenvalue weighted by Gasteiger charge is 2.17. The van der Waals surface area contributed by atoms with Crippen molar-refractivity contribution in [2.75, 3.05) is 18.9 Å². The van der Waals surface area contributed by atoms with Crippen LogP contribution >= 0.6 is 0 Å². The lowest BCUT2D eigenvalue weighted by Gasteiger charge is -2.19. The fraction of sp³-hybridized carbons (Fsp3) is 0.311. The molecule has 6 aromatic rings. The zero-order chi connectivity index (χ0) is 36.6. The van der Waals surface area contributed by atoms with Gasteiger partial charge in [-0.3, -0.25) is 14.3 Å². The molecule has 0 amide bonds. The van der Waals surface area contributed by atoms with Crippen LogP contribution in [0.3, 0.4) is 0 Å². The molecule has 0 radical (unpaired) electrons. The molecule has 1 fully saturated rings. The van der Waals surface area contributed by atoms with Gasteiger partial charge < -0.3 is 15.1 Å². The van der Waals surface area contributed by atoms with E-state index in [9.17, 15) is 4.79 Å². The molecule has 1 saturated carbocycles. The standard InChI is InChI=1S/C31H29N3O2.C14H22N2/c1-20-7-5-10-24(17-20)30-32-19-27(31(35)34(30)16-15-22-8-6-9-22)33-21(2)23-13-14-29-26(18-23)25-11-3-4-12-28(25)36-29;1-5-12(3)14-6-7-16-10-13(14)8-11(2)9-15-4/h3-5,7,10-15,17-19,21,33H,6,8-9,16H2,1-2H3;6-8,10,12,15H,5,9H2,1-4H3/b;11-8+. The topological polar surface area (TPSA) is 85.0 Å². The van der Waals surface area contributed by atoms with Crippen molar-refractivity contribution in [3.8, 4) is 11.4 Å². The van der Waals surface area contributed by atoms with Crippen LogP contribution in [0.4, 0.5) is 5.69 Å². The quantitative estimate of drug-likeness (QED) is 0.131. The van der Waals surface area contributed by atoms with E-state index in [1.807, 2.05) is 55.8 Å². The van der Waals surface area contributed by atoms with Crippen molar-refractivity contribution in [1.82, 2.24) is 19.9 Å². The predicted octanol–water partition coefficient (Wildman–Crippen LogP) is 10.6. The molecule has 0 spiro atoms. The lowest BCUT2D eigenvalue weighted by atomic mass is 9.92. The van der Waals surface area contributed by atoms with Gasteiger partial charge in [0.15, 0.2) is 0 Å². The highest BCUT2D eigenvalue weighted by molar-refractivity contribution is 6.05. The molecule has 0 bridgehead atoms. The number of aryl methyl sites for hydroxylation is 1. The Kier molecular flexibility index (Phi) is 11.8. The van der Waals surface area contributed by atoms with Crippen LogP contribution in [0.1, 0.15) is 87.6 Å². The third-order valence-electron chi connectivity index (χ3n) is 10.0. The summed E-state index contributed by atoms with van der Waals surface area (Å²) in [6.45, 7) is 12.2. The molecule has 2 N–H and O–H groups in total. The number of aromatic nitrogens is 3. The van der Waals surface area contributed by atoms with Gasteiger partial charge in [-0.15, -0.1) is 0 Å². The third-order valence-corrected chi connectivity index (χ3v) is 10.0.